The second kappa shape index (κ2) is 15.4. The summed E-state index contributed by atoms with van der Waals surface area (Å²) >= 11 is 0. The molecule has 2 aliphatic rings. The molecule has 0 aliphatic carbocycles. The van der Waals surface area contributed by atoms with Crippen LogP contribution in [0.2, 0.25) is 0 Å². The average Bonchev–Trinajstić information content (AvgIpc) is 3.06. The van der Waals surface area contributed by atoms with Gasteiger partial charge in [-0.2, -0.15) is 0 Å². The second-order valence-corrected chi connectivity index (χ2v) is 13.9. The van der Waals surface area contributed by atoms with Gasteiger partial charge in [-0.1, -0.05) is 30.3 Å². The summed E-state index contributed by atoms with van der Waals surface area (Å²) in [5.41, 5.74) is 6.36. The Morgan fingerprint density at radius 3 is 2.29 bits per heavy atom. The zero-order chi connectivity index (χ0) is 34.4. The third kappa shape index (κ3) is 8.85. The monoisotopic (exact) mass is 657 g/mol. The van der Waals surface area contributed by atoms with E-state index < -0.39 is 5.60 Å². The predicted octanol–water partition coefficient (Wildman–Crippen LogP) is 5.65. The Kier molecular flexibility index (Phi) is 11.3. The number of rotatable bonds is 9. The quantitative estimate of drug-likeness (QED) is 0.307. The van der Waals surface area contributed by atoms with E-state index in [0.29, 0.717) is 30.3 Å². The van der Waals surface area contributed by atoms with Crippen LogP contribution in [0.4, 0.5) is 10.5 Å². The highest BCUT2D eigenvalue weighted by atomic mass is 16.6. The van der Waals surface area contributed by atoms with Gasteiger partial charge >= 0.3 is 6.09 Å². The molecule has 2 N–H and O–H groups in total. The molecule has 3 heterocycles. The molecule has 10 nitrogen and oxygen atoms in total. The third-order valence-electron chi connectivity index (χ3n) is 9.20. The normalized spacial score (nSPS) is 16.1. The van der Waals surface area contributed by atoms with Crippen molar-refractivity contribution in [2.24, 2.45) is 0 Å². The summed E-state index contributed by atoms with van der Waals surface area (Å²) in [5.74, 6) is -0.208. The predicted molar refractivity (Wildman–Crippen MR) is 190 cm³/mol. The van der Waals surface area contributed by atoms with Crippen molar-refractivity contribution in [2.45, 2.75) is 79.1 Å². The molecule has 48 heavy (non-hydrogen) atoms. The summed E-state index contributed by atoms with van der Waals surface area (Å²) in [7, 11) is 0. The lowest BCUT2D eigenvalue weighted by atomic mass is 9.94. The van der Waals surface area contributed by atoms with Crippen LogP contribution in [0.15, 0.2) is 53.3 Å². The van der Waals surface area contributed by atoms with Crippen LogP contribution >= 0.6 is 0 Å². The summed E-state index contributed by atoms with van der Waals surface area (Å²) in [5, 5.41) is 3.00. The van der Waals surface area contributed by atoms with Gasteiger partial charge < -0.3 is 29.6 Å². The van der Waals surface area contributed by atoms with Gasteiger partial charge in [-0.3, -0.25) is 14.5 Å². The maximum absolute atomic E-state index is 13.7. The lowest BCUT2D eigenvalue weighted by Crippen LogP contribution is -2.49. The molecule has 258 valence electrons. The van der Waals surface area contributed by atoms with Crippen molar-refractivity contribution < 1.29 is 19.1 Å². The third-order valence-corrected chi connectivity index (χ3v) is 9.20. The molecule has 10 heteroatoms. The molecule has 1 aromatic heterocycles. The zero-order valence-corrected chi connectivity index (χ0v) is 29.4. The number of H-pyrrole nitrogens is 1. The van der Waals surface area contributed by atoms with E-state index in [1.807, 2.05) is 46.8 Å². The van der Waals surface area contributed by atoms with E-state index >= 15 is 0 Å². The van der Waals surface area contributed by atoms with Gasteiger partial charge in [-0.25, -0.2) is 4.79 Å². The first kappa shape index (κ1) is 35.2. The number of benzene rings is 2. The lowest BCUT2D eigenvalue weighted by Gasteiger charge is -2.37. The minimum Gasteiger partial charge on any atom is -0.444 e. The number of aromatic amines is 1. The fourth-order valence-corrected chi connectivity index (χ4v) is 6.51. The molecule has 5 rings (SSSR count). The molecule has 0 unspecified atom stereocenters. The lowest BCUT2D eigenvalue weighted by molar-refractivity contribution is 0.0139. The molecule has 0 radical (unpaired) electrons. The number of carbonyl (C=O) groups excluding carboxylic acids is 2. The van der Waals surface area contributed by atoms with Crippen LogP contribution in [-0.4, -0.2) is 84.4 Å². The summed E-state index contributed by atoms with van der Waals surface area (Å²) in [6, 6.07) is 16.7. The highest BCUT2D eigenvalue weighted by Gasteiger charge is 2.27. The fourth-order valence-electron chi connectivity index (χ4n) is 6.51. The molecule has 2 aromatic carbocycles. The fraction of sp³-hybridized carbons (Fsp3) is 0.500. The van der Waals surface area contributed by atoms with Crippen LogP contribution in [-0.2, 0) is 22.6 Å². The van der Waals surface area contributed by atoms with E-state index in [4.69, 9.17) is 9.47 Å². The van der Waals surface area contributed by atoms with Crippen LogP contribution < -0.4 is 15.8 Å². The van der Waals surface area contributed by atoms with Crippen LogP contribution in [0, 0.1) is 13.8 Å². The van der Waals surface area contributed by atoms with E-state index in [9.17, 15) is 14.4 Å². The number of nitrogens with zero attached hydrogens (tertiary/aromatic N) is 3. The first-order chi connectivity index (χ1) is 22.9. The van der Waals surface area contributed by atoms with E-state index in [1.165, 1.54) is 5.56 Å². The molecule has 2 fully saturated rings. The number of ether oxygens (including phenoxy) is 2. The van der Waals surface area contributed by atoms with Crippen molar-refractivity contribution in [1.82, 2.24) is 20.1 Å². The molecule has 0 bridgehead atoms. The number of hydrogen-bond donors (Lipinski definition) is 2. The Morgan fingerprint density at radius 1 is 0.979 bits per heavy atom. The number of pyridine rings is 1. The van der Waals surface area contributed by atoms with Gasteiger partial charge in [0.15, 0.2) is 0 Å². The van der Waals surface area contributed by atoms with E-state index in [-0.39, 0.29) is 24.1 Å². The number of carbonyl (C=O) groups is 2. The van der Waals surface area contributed by atoms with Crippen LogP contribution in [0.5, 0.6) is 0 Å². The van der Waals surface area contributed by atoms with Crippen LogP contribution in [0.3, 0.4) is 0 Å². The molecular weight excluding hydrogens is 606 g/mol. The minimum absolute atomic E-state index is 0.144. The van der Waals surface area contributed by atoms with Crippen LogP contribution in [0.1, 0.15) is 73.3 Å². The molecule has 0 spiro atoms. The van der Waals surface area contributed by atoms with Gasteiger partial charge in [0.1, 0.15) is 5.60 Å². The summed E-state index contributed by atoms with van der Waals surface area (Å²) in [6.07, 6.45) is 1.63. The second-order valence-electron chi connectivity index (χ2n) is 13.9. The molecule has 2 amide bonds. The Hall–Kier alpha value is -4.15. The number of aromatic nitrogens is 1. The number of aryl methyl sites for hydroxylation is 1. The largest absolute Gasteiger partial charge is 0.444 e. The first-order valence-corrected chi connectivity index (χ1v) is 17.2. The van der Waals surface area contributed by atoms with Gasteiger partial charge in [-0.15, -0.1) is 0 Å². The standard InChI is InChI=1S/C38H51N5O5/c1-7-43(32-14-20-47-21-15-32)34-23-31(22-33(27(34)3)36(45)39-24-30-11-8-26(2)40-35(30)44)29-12-9-28(10-13-29)25-41-16-18-42(19-17-41)37(46)48-38(4,5)6/h8-13,22-23,32H,7,14-21,24-25H2,1-6H3,(H,39,45)(H,40,44). The SMILES string of the molecule is CCN(c1cc(-c2ccc(CN3CCN(C(=O)OC(C)(C)C)CC3)cc2)cc(C(=O)NCc2ccc(C)[nH]c2=O)c1C)C1CCOCC1. The summed E-state index contributed by atoms with van der Waals surface area (Å²) in [4.78, 5) is 48.0. The molecule has 3 aromatic rings. The van der Waals surface area contributed by atoms with Crippen molar-refractivity contribution in [3.63, 3.8) is 0 Å². The number of amides is 2. The van der Waals surface area contributed by atoms with Gasteiger partial charge in [-0.05, 0) is 94.8 Å². The van der Waals surface area contributed by atoms with Gasteiger partial charge in [0.05, 0.1) is 0 Å². The Labute approximate surface area is 284 Å². The van der Waals surface area contributed by atoms with Crippen molar-refractivity contribution in [3.05, 3.63) is 86.8 Å². The number of piperazine rings is 1. The Balaban J connectivity index is 1.35. The van der Waals surface area contributed by atoms with E-state index in [0.717, 1.165) is 80.3 Å². The van der Waals surface area contributed by atoms with Crippen molar-refractivity contribution in [3.8, 4) is 11.1 Å². The highest BCUT2D eigenvalue weighted by molar-refractivity contribution is 5.99. The van der Waals surface area contributed by atoms with Gasteiger partial charge in [0.2, 0.25) is 0 Å². The molecule has 0 saturated carbocycles. The molecular formula is C38H51N5O5. The van der Waals surface area contributed by atoms with E-state index in [1.54, 1.807) is 11.0 Å². The molecule has 0 atom stereocenters. The average molecular weight is 658 g/mol. The van der Waals surface area contributed by atoms with Gasteiger partial charge in [0.25, 0.3) is 11.5 Å². The summed E-state index contributed by atoms with van der Waals surface area (Å²) < 4.78 is 11.2. The maximum Gasteiger partial charge on any atom is 0.410 e. The molecule has 2 saturated heterocycles. The molecule has 2 aliphatic heterocycles. The highest BCUT2D eigenvalue weighted by Crippen LogP contribution is 2.34. The Bertz CT molecular complexity index is 1630. The Morgan fingerprint density at radius 2 is 1.67 bits per heavy atom. The number of nitrogens with one attached hydrogen (secondary N) is 2. The summed E-state index contributed by atoms with van der Waals surface area (Å²) in [6.45, 7) is 17.7. The number of hydrogen-bond acceptors (Lipinski definition) is 7. The van der Waals surface area contributed by atoms with Crippen molar-refractivity contribution in [1.29, 1.82) is 0 Å². The zero-order valence-electron chi connectivity index (χ0n) is 29.4. The van der Waals surface area contributed by atoms with Crippen molar-refractivity contribution >= 4 is 17.7 Å². The number of anilines is 1. The van der Waals surface area contributed by atoms with Crippen LogP contribution in [0.25, 0.3) is 11.1 Å². The van der Waals surface area contributed by atoms with Crippen molar-refractivity contribution in [2.75, 3.05) is 50.8 Å². The topological polar surface area (TPSA) is 107 Å². The van der Waals surface area contributed by atoms with Gasteiger partial charge in [0, 0.05) is 87.6 Å². The maximum atomic E-state index is 13.7. The minimum atomic E-state index is -0.500. The van der Waals surface area contributed by atoms with E-state index in [2.05, 4.69) is 57.4 Å². The smallest absolute Gasteiger partial charge is 0.410 e. The first-order valence-electron chi connectivity index (χ1n) is 17.2.